The Balaban J connectivity index is 1.55. The lowest BCUT2D eigenvalue weighted by atomic mass is 9.94. The van der Waals surface area contributed by atoms with Gasteiger partial charge in [0.25, 0.3) is 5.91 Å². The molecule has 1 aliphatic heterocycles. The summed E-state index contributed by atoms with van der Waals surface area (Å²) >= 11 is 0. The summed E-state index contributed by atoms with van der Waals surface area (Å²) in [5.41, 5.74) is 2.60. The molecule has 2 heterocycles. The molecule has 1 aliphatic rings. The van der Waals surface area contributed by atoms with Gasteiger partial charge in [0.2, 0.25) is 0 Å². The summed E-state index contributed by atoms with van der Waals surface area (Å²) < 4.78 is 18.7. The molecule has 0 bridgehead atoms. The molecule has 0 spiro atoms. The van der Waals surface area contributed by atoms with Crippen LogP contribution in [0.1, 0.15) is 34.8 Å². The fourth-order valence-electron chi connectivity index (χ4n) is 3.70. The van der Waals surface area contributed by atoms with Gasteiger partial charge in [-0.1, -0.05) is 6.07 Å². The molecule has 2 aromatic carbocycles. The maximum Gasteiger partial charge on any atom is 0.253 e. The zero-order valence-electron chi connectivity index (χ0n) is 14.7. The number of benzene rings is 2. The van der Waals surface area contributed by atoms with E-state index in [0.717, 1.165) is 35.2 Å². The van der Waals surface area contributed by atoms with Crippen molar-refractivity contribution in [1.29, 1.82) is 0 Å². The minimum Gasteiger partial charge on any atom is -0.497 e. The summed E-state index contributed by atoms with van der Waals surface area (Å²) in [6.45, 7) is 1.35. The molecular formula is C21H21FN2O2. The predicted molar refractivity (Wildman–Crippen MR) is 99.1 cm³/mol. The highest BCUT2D eigenvalue weighted by molar-refractivity contribution is 5.94. The van der Waals surface area contributed by atoms with Crippen LogP contribution in [0.15, 0.2) is 48.5 Å². The number of likely N-dealkylation sites (tertiary alicyclic amines) is 1. The van der Waals surface area contributed by atoms with E-state index in [1.54, 1.807) is 19.2 Å². The number of aromatic nitrogens is 1. The Morgan fingerprint density at radius 2 is 2.12 bits per heavy atom. The van der Waals surface area contributed by atoms with Crippen molar-refractivity contribution in [3.05, 3.63) is 65.6 Å². The van der Waals surface area contributed by atoms with Crippen LogP contribution in [0.2, 0.25) is 0 Å². The van der Waals surface area contributed by atoms with Crippen LogP contribution < -0.4 is 4.74 Å². The van der Waals surface area contributed by atoms with Crippen molar-refractivity contribution >= 4 is 16.8 Å². The summed E-state index contributed by atoms with van der Waals surface area (Å²) in [4.78, 5) is 18.0. The highest BCUT2D eigenvalue weighted by atomic mass is 19.1. The van der Waals surface area contributed by atoms with E-state index < -0.39 is 0 Å². The number of hydrogen-bond acceptors (Lipinski definition) is 2. The van der Waals surface area contributed by atoms with Crippen molar-refractivity contribution in [2.75, 3.05) is 20.2 Å². The number of carbonyl (C=O) groups excluding carboxylic acids is 1. The first-order valence-electron chi connectivity index (χ1n) is 8.85. The molecule has 1 N–H and O–H groups in total. The second-order valence-electron chi connectivity index (χ2n) is 6.78. The number of amides is 1. The van der Waals surface area contributed by atoms with E-state index in [0.29, 0.717) is 18.7 Å². The number of rotatable bonds is 3. The van der Waals surface area contributed by atoms with Crippen molar-refractivity contribution in [3.8, 4) is 5.75 Å². The van der Waals surface area contributed by atoms with E-state index in [-0.39, 0.29) is 17.6 Å². The normalized spacial score (nSPS) is 17.5. The van der Waals surface area contributed by atoms with Gasteiger partial charge >= 0.3 is 0 Å². The first-order chi connectivity index (χ1) is 12.6. The largest absolute Gasteiger partial charge is 0.497 e. The van der Waals surface area contributed by atoms with Crippen molar-refractivity contribution in [3.63, 3.8) is 0 Å². The van der Waals surface area contributed by atoms with Crippen LogP contribution in [0.5, 0.6) is 5.75 Å². The Kier molecular flexibility index (Phi) is 4.37. The van der Waals surface area contributed by atoms with E-state index in [1.807, 2.05) is 23.1 Å². The second-order valence-corrected chi connectivity index (χ2v) is 6.78. The zero-order chi connectivity index (χ0) is 18.1. The number of fused-ring (bicyclic) bond motifs is 1. The third-order valence-corrected chi connectivity index (χ3v) is 5.07. The number of methoxy groups -OCH3 is 1. The number of halogens is 1. The Labute approximate surface area is 151 Å². The number of nitrogens with one attached hydrogen (secondary N) is 1. The van der Waals surface area contributed by atoms with Crippen LogP contribution >= 0.6 is 0 Å². The third kappa shape index (κ3) is 3.17. The van der Waals surface area contributed by atoms with Crippen LogP contribution in [0.4, 0.5) is 4.39 Å². The molecular weight excluding hydrogens is 331 g/mol. The van der Waals surface area contributed by atoms with E-state index in [1.165, 1.54) is 12.1 Å². The lowest BCUT2D eigenvalue weighted by Crippen LogP contribution is -2.39. The molecule has 5 heteroatoms. The summed E-state index contributed by atoms with van der Waals surface area (Å²) in [5.74, 6) is 0.593. The number of nitrogens with zero attached hydrogens (tertiary/aromatic N) is 1. The van der Waals surface area contributed by atoms with E-state index in [4.69, 9.17) is 4.74 Å². The number of piperidine rings is 1. The molecule has 3 aromatic rings. The molecule has 1 unspecified atom stereocenters. The Morgan fingerprint density at radius 1 is 1.23 bits per heavy atom. The Bertz CT molecular complexity index is 950. The minimum atomic E-state index is -0.381. The van der Waals surface area contributed by atoms with Gasteiger partial charge in [0, 0.05) is 41.2 Å². The Hall–Kier alpha value is -2.82. The molecule has 0 saturated carbocycles. The van der Waals surface area contributed by atoms with Crippen LogP contribution in [-0.2, 0) is 0 Å². The van der Waals surface area contributed by atoms with Gasteiger partial charge in [0.15, 0.2) is 0 Å². The van der Waals surface area contributed by atoms with Crippen molar-refractivity contribution in [2.24, 2.45) is 0 Å². The topological polar surface area (TPSA) is 45.3 Å². The molecule has 1 amide bonds. The van der Waals surface area contributed by atoms with Crippen LogP contribution in [-0.4, -0.2) is 36.0 Å². The number of ether oxygens (including phenoxy) is 1. The molecule has 4 nitrogen and oxygen atoms in total. The maximum absolute atomic E-state index is 13.4. The highest BCUT2D eigenvalue weighted by Crippen LogP contribution is 2.31. The van der Waals surface area contributed by atoms with Gasteiger partial charge in [-0.05, 0) is 55.3 Å². The van der Waals surface area contributed by atoms with E-state index in [2.05, 4.69) is 11.1 Å². The van der Waals surface area contributed by atoms with Crippen molar-refractivity contribution < 1.29 is 13.9 Å². The van der Waals surface area contributed by atoms with Crippen LogP contribution in [0.25, 0.3) is 10.9 Å². The van der Waals surface area contributed by atoms with Gasteiger partial charge < -0.3 is 14.6 Å². The fourth-order valence-corrected chi connectivity index (χ4v) is 3.70. The number of H-pyrrole nitrogens is 1. The molecule has 0 radical (unpaired) electrons. The second kappa shape index (κ2) is 6.83. The van der Waals surface area contributed by atoms with Crippen LogP contribution in [0.3, 0.4) is 0 Å². The minimum absolute atomic E-state index is 0.105. The molecule has 4 rings (SSSR count). The van der Waals surface area contributed by atoms with Gasteiger partial charge in [-0.25, -0.2) is 4.39 Å². The molecule has 1 fully saturated rings. The third-order valence-electron chi connectivity index (χ3n) is 5.07. The number of hydrogen-bond donors (Lipinski definition) is 1. The summed E-state index contributed by atoms with van der Waals surface area (Å²) in [6, 6.07) is 14.0. The van der Waals surface area contributed by atoms with E-state index >= 15 is 0 Å². The lowest BCUT2D eigenvalue weighted by molar-refractivity contribution is 0.0705. The SMILES string of the molecule is COc1ccc2[nH]c(C3CCCN(C(=O)c4cccc(F)c4)C3)cc2c1. The lowest BCUT2D eigenvalue weighted by Gasteiger charge is -2.32. The zero-order valence-corrected chi connectivity index (χ0v) is 14.7. The standard InChI is InChI=1S/C21H21FN2O2/c1-26-18-7-8-19-16(11-18)12-20(23-19)15-5-3-9-24(13-15)21(25)14-4-2-6-17(22)10-14/h2,4,6-8,10-12,15,23H,3,5,9,13H2,1H3. The van der Waals surface area contributed by atoms with E-state index in [9.17, 15) is 9.18 Å². The quantitative estimate of drug-likeness (QED) is 0.762. The summed E-state index contributed by atoms with van der Waals surface area (Å²) in [6.07, 6.45) is 1.96. The van der Waals surface area contributed by atoms with Crippen molar-refractivity contribution in [2.45, 2.75) is 18.8 Å². The molecule has 1 atom stereocenters. The molecule has 1 aromatic heterocycles. The van der Waals surface area contributed by atoms with Gasteiger partial charge in [-0.2, -0.15) is 0 Å². The van der Waals surface area contributed by atoms with Crippen molar-refractivity contribution in [1.82, 2.24) is 9.88 Å². The number of carbonyl (C=O) groups is 1. The monoisotopic (exact) mass is 352 g/mol. The molecule has 0 aliphatic carbocycles. The molecule has 134 valence electrons. The fraction of sp³-hybridized carbons (Fsp3) is 0.286. The van der Waals surface area contributed by atoms with Gasteiger partial charge in [-0.15, -0.1) is 0 Å². The highest BCUT2D eigenvalue weighted by Gasteiger charge is 2.26. The molecule has 1 saturated heterocycles. The van der Waals surface area contributed by atoms with Gasteiger partial charge in [-0.3, -0.25) is 4.79 Å². The van der Waals surface area contributed by atoms with Crippen LogP contribution in [0, 0.1) is 5.82 Å². The predicted octanol–water partition coefficient (Wildman–Crippen LogP) is 4.34. The summed E-state index contributed by atoms with van der Waals surface area (Å²) in [5, 5.41) is 1.10. The van der Waals surface area contributed by atoms with Gasteiger partial charge in [0.1, 0.15) is 11.6 Å². The Morgan fingerprint density at radius 3 is 2.92 bits per heavy atom. The first kappa shape index (κ1) is 16.6. The summed E-state index contributed by atoms with van der Waals surface area (Å²) in [7, 11) is 1.66. The average molecular weight is 352 g/mol. The maximum atomic E-state index is 13.4. The number of aromatic amines is 1. The molecule has 26 heavy (non-hydrogen) atoms. The average Bonchev–Trinajstić information content (AvgIpc) is 3.10. The first-order valence-corrected chi connectivity index (χ1v) is 8.85. The smallest absolute Gasteiger partial charge is 0.253 e. The van der Waals surface area contributed by atoms with Gasteiger partial charge in [0.05, 0.1) is 7.11 Å².